The van der Waals surface area contributed by atoms with E-state index in [2.05, 4.69) is 5.32 Å². The fourth-order valence-electron chi connectivity index (χ4n) is 8.88. The van der Waals surface area contributed by atoms with Crippen molar-refractivity contribution in [3.8, 4) is 11.5 Å². The molecule has 8 rings (SSSR count). The second-order valence-corrected chi connectivity index (χ2v) is 14.4. The molecule has 264 valence electrons. The van der Waals surface area contributed by atoms with Crippen LogP contribution in [0.3, 0.4) is 0 Å². The first-order valence-electron chi connectivity index (χ1n) is 17.3. The van der Waals surface area contributed by atoms with Crippen LogP contribution < -0.4 is 19.9 Å². The van der Waals surface area contributed by atoms with E-state index in [1.165, 1.54) is 23.1 Å². The van der Waals surface area contributed by atoms with Crippen LogP contribution in [-0.2, 0) is 19.2 Å². The number of phenolic OH excluding ortho intramolecular Hbond substituents is 1. The fraction of sp³-hybridized carbons (Fsp3) is 0.268. The number of amides is 4. The number of hydrogen-bond acceptors (Lipinski definition) is 7. The van der Waals surface area contributed by atoms with Gasteiger partial charge in [-0.3, -0.25) is 24.1 Å². The van der Waals surface area contributed by atoms with Crippen molar-refractivity contribution in [1.82, 2.24) is 0 Å². The Labute approximate surface area is 304 Å². The Morgan fingerprint density at radius 2 is 1.58 bits per heavy atom. The Bertz CT molecular complexity index is 2170. The number of nitrogens with zero attached hydrogens (tertiary/aromatic N) is 2. The number of nitrogens with one attached hydrogen (secondary N) is 1. The summed E-state index contributed by atoms with van der Waals surface area (Å²) in [5.41, 5.74) is 2.37. The summed E-state index contributed by atoms with van der Waals surface area (Å²) in [5.74, 6) is -5.72. The first-order chi connectivity index (χ1) is 25.0. The van der Waals surface area contributed by atoms with Gasteiger partial charge in [0.2, 0.25) is 23.6 Å². The minimum Gasteiger partial charge on any atom is -0.504 e. The Balaban J connectivity index is 1.19. The summed E-state index contributed by atoms with van der Waals surface area (Å²) < 4.78 is 19.9. The van der Waals surface area contributed by atoms with Gasteiger partial charge in [0.25, 0.3) is 0 Å². The minimum atomic E-state index is -1.33. The molecule has 4 aliphatic rings. The largest absolute Gasteiger partial charge is 0.504 e. The number of hydrogen-bond donors (Lipinski definition) is 2. The van der Waals surface area contributed by atoms with Gasteiger partial charge >= 0.3 is 0 Å². The number of carbonyl (C=O) groups is 4. The Morgan fingerprint density at radius 1 is 0.865 bits per heavy atom. The van der Waals surface area contributed by atoms with Gasteiger partial charge in [0.05, 0.1) is 46.2 Å². The Morgan fingerprint density at radius 3 is 2.29 bits per heavy atom. The highest BCUT2D eigenvalue weighted by Gasteiger charge is 2.67. The molecule has 0 unspecified atom stereocenters. The standard InChI is InChI=1S/C41H35ClFN3O6/c1-3-52-34-19-22(9-18-33(34)47)36-27-15-16-28-35(39(50)45(37(28)48)25-12-10-24(11-13-25)44-23-7-5-4-6-8-23)29(27)21-30-38(49)46(40(51)41(30,36)2)26-14-17-32(43)31(42)20-26/h4-15,17-20,28-30,35-36,44,47H,3,16,21H2,1-2H3/t28-,29+,30-,35-,36-,41+/m0/s1. The predicted molar refractivity (Wildman–Crippen MR) is 194 cm³/mol. The van der Waals surface area contributed by atoms with Gasteiger partial charge in [-0.15, -0.1) is 0 Å². The SMILES string of the molecule is CCOc1cc([C@H]2C3=CC[C@@H]4C(=O)N(c5ccc(Nc6ccccc6)cc5)C(=O)[C@@H]4[C@@H]3C[C@H]3C(=O)N(c4ccc(F)c(Cl)c4)C(=O)[C@@]23C)ccc1O. The van der Waals surface area contributed by atoms with E-state index in [4.69, 9.17) is 16.3 Å². The second kappa shape index (κ2) is 12.6. The molecule has 2 aliphatic heterocycles. The van der Waals surface area contributed by atoms with Crippen molar-refractivity contribution in [2.75, 3.05) is 21.7 Å². The summed E-state index contributed by atoms with van der Waals surface area (Å²) in [4.78, 5) is 59.9. The highest BCUT2D eigenvalue weighted by molar-refractivity contribution is 6.32. The number of para-hydroxylation sites is 1. The van der Waals surface area contributed by atoms with Crippen LogP contribution >= 0.6 is 11.6 Å². The van der Waals surface area contributed by atoms with Crippen molar-refractivity contribution < 1.29 is 33.4 Å². The Kier molecular flexibility index (Phi) is 8.17. The quantitative estimate of drug-likeness (QED) is 0.148. The highest BCUT2D eigenvalue weighted by atomic mass is 35.5. The third-order valence-corrected chi connectivity index (χ3v) is 11.5. The van der Waals surface area contributed by atoms with Crippen molar-refractivity contribution in [2.24, 2.45) is 29.1 Å². The van der Waals surface area contributed by atoms with Crippen LogP contribution in [0.2, 0.25) is 5.02 Å². The van der Waals surface area contributed by atoms with Crippen LogP contribution in [0.15, 0.2) is 103 Å². The van der Waals surface area contributed by atoms with Gasteiger partial charge < -0.3 is 15.2 Å². The van der Waals surface area contributed by atoms with Gasteiger partial charge in [0.15, 0.2) is 11.5 Å². The van der Waals surface area contributed by atoms with Gasteiger partial charge in [-0.2, -0.15) is 0 Å². The molecule has 11 heteroatoms. The average molecular weight is 720 g/mol. The monoisotopic (exact) mass is 719 g/mol. The zero-order valence-corrected chi connectivity index (χ0v) is 29.1. The molecule has 4 amide bonds. The highest BCUT2D eigenvalue weighted by Crippen LogP contribution is 2.64. The third-order valence-electron chi connectivity index (χ3n) is 11.2. The van der Waals surface area contributed by atoms with Crippen molar-refractivity contribution in [2.45, 2.75) is 32.6 Å². The van der Waals surface area contributed by atoms with E-state index < -0.39 is 52.6 Å². The number of aromatic hydroxyl groups is 1. The molecule has 2 N–H and O–H groups in total. The zero-order chi connectivity index (χ0) is 36.5. The van der Waals surface area contributed by atoms with E-state index in [1.54, 1.807) is 38.1 Å². The second-order valence-electron chi connectivity index (χ2n) is 14.0. The molecule has 6 atom stereocenters. The summed E-state index contributed by atoms with van der Waals surface area (Å²) in [6.07, 6.45) is 2.39. The van der Waals surface area contributed by atoms with E-state index in [-0.39, 0.29) is 53.5 Å². The molecule has 3 fully saturated rings. The molecule has 2 saturated heterocycles. The topological polar surface area (TPSA) is 116 Å². The first kappa shape index (κ1) is 33.7. The predicted octanol–water partition coefficient (Wildman–Crippen LogP) is 7.76. The number of phenols is 1. The van der Waals surface area contributed by atoms with Crippen LogP contribution in [0.25, 0.3) is 0 Å². The van der Waals surface area contributed by atoms with E-state index >= 15 is 0 Å². The van der Waals surface area contributed by atoms with E-state index in [9.17, 15) is 28.7 Å². The number of rotatable bonds is 7. The molecule has 0 spiro atoms. The van der Waals surface area contributed by atoms with E-state index in [0.29, 0.717) is 11.3 Å². The number of carbonyl (C=O) groups excluding carboxylic acids is 4. The molecule has 52 heavy (non-hydrogen) atoms. The van der Waals surface area contributed by atoms with Gasteiger partial charge in [0, 0.05) is 17.3 Å². The lowest BCUT2D eigenvalue weighted by molar-refractivity contribution is -0.131. The summed E-state index contributed by atoms with van der Waals surface area (Å²) in [7, 11) is 0. The smallest absolute Gasteiger partial charge is 0.241 e. The third kappa shape index (κ3) is 5.10. The zero-order valence-electron chi connectivity index (χ0n) is 28.4. The molecule has 9 nitrogen and oxygen atoms in total. The van der Waals surface area contributed by atoms with Gasteiger partial charge in [-0.25, -0.2) is 9.29 Å². The molecule has 4 aromatic carbocycles. The molecule has 0 aromatic heterocycles. The van der Waals surface area contributed by atoms with Gasteiger partial charge in [-0.05, 0) is 105 Å². The molecule has 0 bridgehead atoms. The number of halogens is 2. The molecule has 2 aliphatic carbocycles. The average Bonchev–Trinajstić information content (AvgIpc) is 3.51. The van der Waals surface area contributed by atoms with Crippen LogP contribution in [-0.4, -0.2) is 35.3 Å². The van der Waals surface area contributed by atoms with Crippen LogP contribution in [0, 0.1) is 34.9 Å². The lowest BCUT2D eigenvalue weighted by Crippen LogP contribution is -2.48. The lowest BCUT2D eigenvalue weighted by atomic mass is 9.51. The van der Waals surface area contributed by atoms with E-state index in [0.717, 1.165) is 27.9 Å². The molecule has 4 aromatic rings. The van der Waals surface area contributed by atoms with E-state index in [1.807, 2.05) is 48.5 Å². The van der Waals surface area contributed by atoms with Crippen molar-refractivity contribution in [3.05, 3.63) is 119 Å². The summed E-state index contributed by atoms with van der Waals surface area (Å²) in [6, 6.07) is 25.3. The number of allylic oxidation sites excluding steroid dienone is 2. The number of ether oxygens (including phenoxy) is 1. The summed E-state index contributed by atoms with van der Waals surface area (Å²) in [5, 5.41) is 13.7. The van der Waals surface area contributed by atoms with Crippen LogP contribution in [0.4, 0.5) is 27.1 Å². The fourth-order valence-corrected chi connectivity index (χ4v) is 9.06. The normalized spacial score (nSPS) is 26.5. The van der Waals surface area contributed by atoms with Crippen LogP contribution in [0.1, 0.15) is 38.2 Å². The molecule has 0 radical (unpaired) electrons. The number of fused-ring (bicyclic) bond motifs is 4. The van der Waals surface area contributed by atoms with Gasteiger partial charge in [0.1, 0.15) is 5.82 Å². The van der Waals surface area contributed by atoms with Gasteiger partial charge in [-0.1, -0.05) is 47.5 Å². The van der Waals surface area contributed by atoms with Crippen LogP contribution in [0.5, 0.6) is 11.5 Å². The first-order valence-corrected chi connectivity index (χ1v) is 17.7. The maximum atomic E-state index is 14.7. The number of imide groups is 2. The van der Waals surface area contributed by atoms with Crippen molar-refractivity contribution >= 4 is 58.0 Å². The summed E-state index contributed by atoms with van der Waals surface area (Å²) >= 11 is 6.11. The number of anilines is 4. The molecule has 2 heterocycles. The molecule has 1 saturated carbocycles. The van der Waals surface area contributed by atoms with Crippen molar-refractivity contribution in [3.63, 3.8) is 0 Å². The minimum absolute atomic E-state index is 0.0778. The number of benzene rings is 4. The summed E-state index contributed by atoms with van der Waals surface area (Å²) in [6.45, 7) is 3.82. The lowest BCUT2D eigenvalue weighted by Gasteiger charge is -2.49. The maximum absolute atomic E-state index is 14.7. The van der Waals surface area contributed by atoms with Crippen molar-refractivity contribution in [1.29, 1.82) is 0 Å². The molecular weight excluding hydrogens is 685 g/mol. The molecular formula is C41H35ClFN3O6. The maximum Gasteiger partial charge on any atom is 0.241 e. The Hall–Kier alpha value is -5.48.